The Morgan fingerprint density at radius 3 is 2.40 bits per heavy atom. The average molecular weight is 713 g/mol. The van der Waals surface area contributed by atoms with Crippen LogP contribution in [0.4, 0.5) is 0 Å². The van der Waals surface area contributed by atoms with Crippen molar-refractivity contribution in [3.63, 3.8) is 0 Å². The van der Waals surface area contributed by atoms with Crippen molar-refractivity contribution in [2.24, 2.45) is 0 Å². The summed E-state index contributed by atoms with van der Waals surface area (Å²) in [6, 6.07) is 42.2. The van der Waals surface area contributed by atoms with Gasteiger partial charge in [-0.25, -0.2) is 4.98 Å². The third kappa shape index (κ3) is 4.08. The molecule has 4 aromatic heterocycles. The number of para-hydroxylation sites is 2. The van der Waals surface area contributed by atoms with Gasteiger partial charge in [0.15, 0.2) is 0 Å². The molecule has 48 heavy (non-hydrogen) atoms. The summed E-state index contributed by atoms with van der Waals surface area (Å²) in [4.78, 5) is 9.49. The fraction of sp³-hybridized carbons (Fsp3) is 0.0732. The fourth-order valence-electron chi connectivity index (χ4n) is 7.30. The van der Waals surface area contributed by atoms with Crippen molar-refractivity contribution in [3.05, 3.63) is 145 Å². The molecule has 0 fully saturated rings. The van der Waals surface area contributed by atoms with Gasteiger partial charge in [0.1, 0.15) is 17.1 Å². The van der Waals surface area contributed by atoms with Crippen molar-refractivity contribution in [3.8, 4) is 28.7 Å². The summed E-state index contributed by atoms with van der Waals surface area (Å²) in [6.07, 6.45) is 5.64. The third-order valence-electron chi connectivity index (χ3n) is 9.53. The Balaban J connectivity index is 0.00000314. The molecular weight excluding hydrogens is 687 g/mol. The van der Waals surface area contributed by atoms with Gasteiger partial charge in [0.25, 0.3) is 0 Å². The summed E-state index contributed by atoms with van der Waals surface area (Å²) >= 11 is 0. The summed E-state index contributed by atoms with van der Waals surface area (Å²) in [5.74, 6) is 2.91. The maximum absolute atomic E-state index is 6.52. The van der Waals surface area contributed by atoms with Crippen molar-refractivity contribution in [1.29, 1.82) is 0 Å². The molecule has 0 spiro atoms. The predicted molar refractivity (Wildman–Crippen MR) is 185 cm³/mol. The van der Waals surface area contributed by atoms with E-state index in [4.69, 9.17) is 14.5 Å². The smallest absolute Gasteiger partial charge is 0.503 e. The van der Waals surface area contributed by atoms with E-state index in [0.717, 1.165) is 72.0 Å². The number of ether oxygens (including phenoxy) is 2. The first kappa shape index (κ1) is 28.7. The second-order valence-electron chi connectivity index (χ2n) is 12.6. The maximum atomic E-state index is 6.52. The standard InChI is InChI=1S/C41H26N4O2.Pd/c1-41(2)33-13-4-6-15-37(33)47-38-24-36-31(23-34(38)41)30-12-8-18-42-40(30)45(36)25-9-7-10-26(21-25)46-27-16-17-28-29-11-3-5-14-35(29)44-20-19-43-39(44)32(28)22-27;/h3-20,23-24H,1-2H3;/q-2;+2. The number of benzene rings is 5. The van der Waals surface area contributed by atoms with Crippen molar-refractivity contribution < 1.29 is 29.9 Å². The monoisotopic (exact) mass is 712 g/mol. The molecular formula is C41H26N4O2Pd. The van der Waals surface area contributed by atoms with Crippen LogP contribution in [0.25, 0.3) is 54.9 Å². The van der Waals surface area contributed by atoms with Crippen molar-refractivity contribution >= 4 is 49.3 Å². The van der Waals surface area contributed by atoms with Crippen LogP contribution in [0.3, 0.4) is 0 Å². The normalized spacial score (nSPS) is 13.4. The molecule has 0 N–H and O–H groups in total. The number of fused-ring (bicyclic) bond motifs is 11. The minimum absolute atomic E-state index is 0. The molecule has 7 heteroatoms. The molecule has 1 aliphatic heterocycles. The molecule has 0 saturated carbocycles. The van der Waals surface area contributed by atoms with Gasteiger partial charge >= 0.3 is 20.4 Å². The number of aromatic nitrogens is 4. The molecule has 1 aliphatic rings. The van der Waals surface area contributed by atoms with Gasteiger partial charge in [-0.05, 0) is 35.7 Å². The Morgan fingerprint density at radius 1 is 0.646 bits per heavy atom. The molecule has 0 aliphatic carbocycles. The predicted octanol–water partition coefficient (Wildman–Crippen LogP) is 9.95. The summed E-state index contributed by atoms with van der Waals surface area (Å²) in [6.45, 7) is 4.52. The molecule has 0 saturated heterocycles. The molecule has 6 nitrogen and oxygen atoms in total. The second kappa shape index (κ2) is 10.5. The second-order valence-corrected chi connectivity index (χ2v) is 12.6. The Hall–Kier alpha value is -5.48. The fourth-order valence-corrected chi connectivity index (χ4v) is 7.30. The zero-order valence-corrected chi connectivity index (χ0v) is 27.5. The van der Waals surface area contributed by atoms with E-state index in [1.54, 1.807) is 0 Å². The zero-order chi connectivity index (χ0) is 31.3. The number of rotatable bonds is 3. The van der Waals surface area contributed by atoms with E-state index in [9.17, 15) is 0 Å². The molecule has 9 aromatic rings. The molecule has 0 radical (unpaired) electrons. The first-order valence-electron chi connectivity index (χ1n) is 15.7. The Morgan fingerprint density at radius 2 is 1.46 bits per heavy atom. The summed E-state index contributed by atoms with van der Waals surface area (Å²) < 4.78 is 17.2. The van der Waals surface area contributed by atoms with E-state index in [1.807, 2.05) is 67.1 Å². The minimum atomic E-state index is -0.223. The maximum Gasteiger partial charge on any atom is 2.00 e. The Bertz CT molecular complexity index is 2740. The first-order chi connectivity index (χ1) is 23.0. The zero-order valence-electron chi connectivity index (χ0n) is 26.0. The van der Waals surface area contributed by atoms with Crippen molar-refractivity contribution in [1.82, 2.24) is 18.9 Å². The minimum Gasteiger partial charge on any atom is -0.503 e. The number of hydrogen-bond acceptors (Lipinski definition) is 4. The van der Waals surface area contributed by atoms with Crippen LogP contribution >= 0.6 is 0 Å². The first-order valence-corrected chi connectivity index (χ1v) is 15.7. The van der Waals surface area contributed by atoms with E-state index < -0.39 is 0 Å². The molecule has 232 valence electrons. The van der Waals surface area contributed by atoms with Gasteiger partial charge in [-0.1, -0.05) is 72.8 Å². The van der Waals surface area contributed by atoms with Gasteiger partial charge in [0, 0.05) is 69.0 Å². The molecule has 0 unspecified atom stereocenters. The Labute approximate surface area is 289 Å². The van der Waals surface area contributed by atoms with Crippen LogP contribution in [0.5, 0.6) is 23.0 Å². The van der Waals surface area contributed by atoms with Crippen molar-refractivity contribution in [2.75, 3.05) is 0 Å². The topological polar surface area (TPSA) is 53.6 Å². The quantitative estimate of drug-likeness (QED) is 0.104. The Kier molecular flexibility index (Phi) is 6.29. The summed E-state index contributed by atoms with van der Waals surface area (Å²) in [5.41, 5.74) is 6.71. The third-order valence-corrected chi connectivity index (χ3v) is 9.53. The van der Waals surface area contributed by atoms with Crippen LogP contribution in [-0.2, 0) is 25.8 Å². The summed E-state index contributed by atoms with van der Waals surface area (Å²) in [5, 5.41) is 5.31. The largest absolute Gasteiger partial charge is 2.00 e. The van der Waals surface area contributed by atoms with Gasteiger partial charge in [-0.15, -0.1) is 30.3 Å². The average Bonchev–Trinajstić information content (AvgIpc) is 3.72. The molecule has 10 rings (SSSR count). The molecule has 0 atom stereocenters. The van der Waals surface area contributed by atoms with Crippen LogP contribution in [0.15, 0.2) is 122 Å². The summed E-state index contributed by atoms with van der Waals surface area (Å²) in [7, 11) is 0. The van der Waals surface area contributed by atoms with Gasteiger partial charge < -0.3 is 18.4 Å². The molecule has 5 aromatic carbocycles. The molecule has 5 heterocycles. The van der Waals surface area contributed by atoms with Crippen LogP contribution in [-0.4, -0.2) is 18.9 Å². The van der Waals surface area contributed by atoms with Crippen LogP contribution in [0.1, 0.15) is 25.0 Å². The number of imidazole rings is 1. The van der Waals surface area contributed by atoms with E-state index in [2.05, 4.69) is 94.5 Å². The van der Waals surface area contributed by atoms with E-state index >= 15 is 0 Å². The van der Waals surface area contributed by atoms with Crippen LogP contribution in [0, 0.1) is 12.1 Å². The van der Waals surface area contributed by atoms with E-state index in [1.165, 1.54) is 5.56 Å². The number of pyridine rings is 2. The van der Waals surface area contributed by atoms with Crippen LogP contribution in [0.2, 0.25) is 0 Å². The van der Waals surface area contributed by atoms with Gasteiger partial charge in [0.05, 0.1) is 11.2 Å². The number of hydrogen-bond donors (Lipinski definition) is 0. The van der Waals surface area contributed by atoms with E-state index in [-0.39, 0.29) is 25.8 Å². The van der Waals surface area contributed by atoms with Gasteiger partial charge in [0.2, 0.25) is 0 Å². The SMILES string of the molecule is CC1(C)c2ccccc2Oc2cc3c(cc21)c1cccnc1n3-c1[c-]c(Oc2[c-]c3c(cc2)c2ccccc2n2ccnc32)ccc1.[Pd+2]. The molecule has 0 bridgehead atoms. The number of nitrogens with zero attached hydrogens (tertiary/aromatic N) is 4. The molecule has 0 amide bonds. The van der Waals surface area contributed by atoms with Crippen LogP contribution < -0.4 is 9.47 Å². The van der Waals surface area contributed by atoms with Gasteiger partial charge in [-0.3, -0.25) is 4.98 Å². The van der Waals surface area contributed by atoms with Crippen molar-refractivity contribution in [2.45, 2.75) is 19.3 Å². The van der Waals surface area contributed by atoms with E-state index in [0.29, 0.717) is 11.5 Å². The van der Waals surface area contributed by atoms with Gasteiger partial charge in [-0.2, -0.15) is 6.07 Å².